The van der Waals surface area contributed by atoms with Gasteiger partial charge in [-0.15, -0.1) is 0 Å². The molecular weight excluding hydrogens is 629 g/mol. The molecule has 0 unspecified atom stereocenters. The predicted molar refractivity (Wildman–Crippen MR) is 178 cm³/mol. The third-order valence-corrected chi connectivity index (χ3v) is 9.33. The number of halogens is 2. The van der Waals surface area contributed by atoms with Crippen molar-refractivity contribution in [3.05, 3.63) is 70.1 Å². The van der Waals surface area contributed by atoms with E-state index in [0.29, 0.717) is 40.4 Å². The monoisotopic (exact) mass is 671 g/mol. The molecule has 11 heteroatoms. The third-order valence-electron chi connectivity index (χ3n) is 8.78. The van der Waals surface area contributed by atoms with E-state index in [2.05, 4.69) is 37.6 Å². The van der Waals surface area contributed by atoms with Gasteiger partial charge in [0, 0.05) is 29.2 Å². The smallest absolute Gasteiger partial charge is 0.356 e. The van der Waals surface area contributed by atoms with Gasteiger partial charge in [-0.25, -0.2) is 14.6 Å². The lowest BCUT2D eigenvalue weighted by atomic mass is 9.69. The summed E-state index contributed by atoms with van der Waals surface area (Å²) in [7, 11) is 0. The van der Waals surface area contributed by atoms with Gasteiger partial charge in [-0.05, 0) is 85.8 Å². The van der Waals surface area contributed by atoms with Crippen LogP contribution in [0.15, 0.2) is 48.7 Å². The van der Waals surface area contributed by atoms with Crippen molar-refractivity contribution in [1.29, 1.82) is 0 Å². The van der Waals surface area contributed by atoms with Gasteiger partial charge < -0.3 is 24.8 Å². The number of hydrogen-bond acceptors (Lipinski definition) is 5. The van der Waals surface area contributed by atoms with E-state index in [9.17, 15) is 24.6 Å². The Morgan fingerprint density at radius 1 is 1.02 bits per heavy atom. The molecule has 0 bridgehead atoms. The van der Waals surface area contributed by atoms with Crippen LogP contribution in [0.2, 0.25) is 10.0 Å². The summed E-state index contributed by atoms with van der Waals surface area (Å²) < 4.78 is 7.26. The largest absolute Gasteiger partial charge is 0.478 e. The summed E-state index contributed by atoms with van der Waals surface area (Å²) in [6, 6.07) is 11.3. The first-order valence-electron chi connectivity index (χ1n) is 15.8. The summed E-state index contributed by atoms with van der Waals surface area (Å²) in [5.41, 5.74) is 2.45. The molecule has 1 amide bonds. The minimum atomic E-state index is -2.02. The fourth-order valence-electron chi connectivity index (χ4n) is 6.04. The van der Waals surface area contributed by atoms with Crippen LogP contribution in [0.4, 0.5) is 0 Å². The predicted octanol–water partition coefficient (Wildman–Crippen LogP) is 7.83. The van der Waals surface area contributed by atoms with Crippen molar-refractivity contribution in [2.75, 3.05) is 0 Å². The number of carboxylic acids is 2. The highest BCUT2D eigenvalue weighted by Gasteiger charge is 2.34. The number of carbonyl (C=O) groups excluding carboxylic acids is 1. The molecule has 1 heterocycles. The fraction of sp³-hybridized carbons (Fsp3) is 0.486. The number of aliphatic carboxylic acids is 2. The maximum absolute atomic E-state index is 13.8. The van der Waals surface area contributed by atoms with Crippen molar-refractivity contribution in [3.8, 4) is 17.0 Å². The van der Waals surface area contributed by atoms with Crippen molar-refractivity contribution < 1.29 is 29.3 Å². The second kappa shape index (κ2) is 15.4. The molecule has 1 saturated carbocycles. The number of ether oxygens (including phenoxy) is 1. The van der Waals surface area contributed by atoms with Crippen LogP contribution in [-0.2, 0) is 27.3 Å². The Hall–Kier alpha value is -3.56. The van der Waals surface area contributed by atoms with E-state index in [1.54, 1.807) is 24.3 Å². The normalized spacial score (nSPS) is 17.5. The summed E-state index contributed by atoms with van der Waals surface area (Å²) in [6.45, 7) is 9.59. The SMILES string of the molecule is CCCCn1cc(-c2ccc(Cl)cc2Cl)nc1[C@H](Cc1ccc(OC(C(=O)O)C(=O)O)cc1)NC(=O)C1CCC(C(C)(C)C)CC1. The number of hydrogen-bond donors (Lipinski definition) is 3. The molecule has 248 valence electrons. The molecule has 3 aromatic rings. The first kappa shape index (κ1) is 35.3. The average molecular weight is 673 g/mol. The van der Waals surface area contributed by atoms with Crippen LogP contribution in [0.1, 0.15) is 83.6 Å². The molecule has 9 nitrogen and oxygen atoms in total. The quantitative estimate of drug-likeness (QED) is 0.158. The minimum Gasteiger partial charge on any atom is -0.478 e. The van der Waals surface area contributed by atoms with Crippen molar-refractivity contribution in [3.63, 3.8) is 0 Å². The van der Waals surface area contributed by atoms with Gasteiger partial charge in [0.2, 0.25) is 5.91 Å². The van der Waals surface area contributed by atoms with Crippen molar-refractivity contribution in [2.45, 2.75) is 91.3 Å². The highest BCUT2D eigenvalue weighted by molar-refractivity contribution is 6.36. The van der Waals surface area contributed by atoms with Gasteiger partial charge in [-0.1, -0.05) is 69.5 Å². The molecule has 1 aromatic heterocycles. The molecule has 0 radical (unpaired) electrons. The van der Waals surface area contributed by atoms with Gasteiger partial charge in [0.1, 0.15) is 11.6 Å². The topological polar surface area (TPSA) is 131 Å². The number of aryl methyl sites for hydroxylation is 1. The summed E-state index contributed by atoms with van der Waals surface area (Å²) in [4.78, 5) is 41.4. The van der Waals surface area contributed by atoms with E-state index in [1.165, 1.54) is 12.1 Å². The second-order valence-electron chi connectivity index (χ2n) is 13.2. The Balaban J connectivity index is 1.65. The molecule has 1 aliphatic carbocycles. The fourth-order valence-corrected chi connectivity index (χ4v) is 6.55. The number of benzene rings is 2. The molecule has 0 saturated heterocycles. The standard InChI is InChI=1S/C35H43Cl2N3O6/c1-5-6-17-40-20-29(26-16-13-24(36)19-27(26)37)38-31(40)28(39-32(41)22-9-11-23(12-10-22)35(2,3)4)18-21-7-14-25(15-8-21)46-30(33(42)43)34(44)45/h7-8,13-16,19-20,22-23,28,30H,5-6,9-12,17-18H2,1-4H3,(H,39,41)(H,42,43)(H,44,45)/t22?,23?,28-/m0/s1. The third kappa shape index (κ3) is 9.04. The van der Waals surface area contributed by atoms with E-state index < -0.39 is 24.1 Å². The van der Waals surface area contributed by atoms with Gasteiger partial charge in [0.25, 0.3) is 6.10 Å². The first-order chi connectivity index (χ1) is 21.8. The van der Waals surface area contributed by atoms with Crippen LogP contribution in [0.25, 0.3) is 11.3 Å². The van der Waals surface area contributed by atoms with E-state index in [1.807, 2.05) is 12.3 Å². The lowest BCUT2D eigenvalue weighted by Crippen LogP contribution is -2.39. The second-order valence-corrected chi connectivity index (χ2v) is 14.0. The Morgan fingerprint density at radius 2 is 1.67 bits per heavy atom. The molecule has 2 aromatic carbocycles. The van der Waals surface area contributed by atoms with Gasteiger partial charge >= 0.3 is 11.9 Å². The molecular formula is C35H43Cl2N3O6. The number of nitrogens with zero attached hydrogens (tertiary/aromatic N) is 2. The van der Waals surface area contributed by atoms with Crippen LogP contribution in [0.3, 0.4) is 0 Å². The van der Waals surface area contributed by atoms with Crippen LogP contribution >= 0.6 is 23.2 Å². The molecule has 0 aliphatic heterocycles. The number of imidazole rings is 1. The van der Waals surface area contributed by atoms with Gasteiger partial charge in [-0.3, -0.25) is 4.79 Å². The maximum Gasteiger partial charge on any atom is 0.356 e. The van der Waals surface area contributed by atoms with Gasteiger partial charge in [0.15, 0.2) is 0 Å². The molecule has 4 rings (SSSR count). The zero-order valence-corrected chi connectivity index (χ0v) is 28.3. The Labute approximate surface area is 280 Å². The molecule has 3 N–H and O–H groups in total. The van der Waals surface area contributed by atoms with E-state index in [4.69, 9.17) is 32.9 Å². The maximum atomic E-state index is 13.8. The summed E-state index contributed by atoms with van der Waals surface area (Å²) in [5, 5.41) is 22.7. The van der Waals surface area contributed by atoms with Crippen molar-refractivity contribution >= 4 is 41.0 Å². The highest BCUT2D eigenvalue weighted by atomic mass is 35.5. The minimum absolute atomic E-state index is 0.000752. The Kier molecular flexibility index (Phi) is 11.8. The van der Waals surface area contributed by atoms with E-state index in [-0.39, 0.29) is 23.0 Å². The average Bonchev–Trinajstić information content (AvgIpc) is 3.42. The van der Waals surface area contributed by atoms with Gasteiger partial charge in [0.05, 0.1) is 16.8 Å². The molecule has 1 aliphatic rings. The summed E-state index contributed by atoms with van der Waals surface area (Å²) in [5.74, 6) is -1.89. The van der Waals surface area contributed by atoms with Crippen LogP contribution in [-0.4, -0.2) is 43.7 Å². The Morgan fingerprint density at radius 3 is 2.24 bits per heavy atom. The Bertz CT molecular complexity index is 1510. The van der Waals surface area contributed by atoms with Crippen molar-refractivity contribution in [1.82, 2.24) is 14.9 Å². The highest BCUT2D eigenvalue weighted by Crippen LogP contribution is 2.40. The van der Waals surface area contributed by atoms with Crippen LogP contribution in [0, 0.1) is 17.3 Å². The van der Waals surface area contributed by atoms with E-state index >= 15 is 0 Å². The van der Waals surface area contributed by atoms with Gasteiger partial charge in [-0.2, -0.15) is 0 Å². The molecule has 1 fully saturated rings. The zero-order valence-electron chi connectivity index (χ0n) is 26.8. The number of rotatable bonds is 13. The molecule has 46 heavy (non-hydrogen) atoms. The van der Waals surface area contributed by atoms with Crippen LogP contribution < -0.4 is 10.1 Å². The lowest BCUT2D eigenvalue weighted by Gasteiger charge is -2.36. The zero-order chi connectivity index (χ0) is 33.6. The number of nitrogens with one attached hydrogen (secondary N) is 1. The summed E-state index contributed by atoms with van der Waals surface area (Å²) in [6.07, 6.45) is 5.89. The molecule has 1 atom stereocenters. The number of carboxylic acid groups (broad SMARTS) is 2. The van der Waals surface area contributed by atoms with Crippen molar-refractivity contribution in [2.24, 2.45) is 17.3 Å². The van der Waals surface area contributed by atoms with E-state index in [0.717, 1.165) is 49.7 Å². The number of amides is 1. The first-order valence-corrected chi connectivity index (χ1v) is 16.6. The van der Waals surface area contributed by atoms with Crippen LogP contribution in [0.5, 0.6) is 5.75 Å². The number of unbranched alkanes of at least 4 members (excludes halogenated alkanes) is 1. The summed E-state index contributed by atoms with van der Waals surface area (Å²) >= 11 is 12.7. The lowest BCUT2D eigenvalue weighted by molar-refractivity contribution is -0.159. The number of carbonyl (C=O) groups is 3. The number of aromatic nitrogens is 2. The molecule has 0 spiro atoms.